The summed E-state index contributed by atoms with van der Waals surface area (Å²) < 4.78 is 7.24. The van der Waals surface area contributed by atoms with E-state index in [-0.39, 0.29) is 12.0 Å². The van der Waals surface area contributed by atoms with Crippen LogP contribution in [0.2, 0.25) is 0 Å². The maximum atomic E-state index is 12.8. The summed E-state index contributed by atoms with van der Waals surface area (Å²) in [5.74, 6) is 1.60. The Morgan fingerprint density at radius 3 is 3.18 bits per heavy atom. The molecule has 3 heterocycles. The number of carbonyl (C=O) groups is 1. The Morgan fingerprint density at radius 2 is 2.39 bits per heavy atom. The first-order valence-corrected chi connectivity index (χ1v) is 11.2. The number of nitrogens with one attached hydrogen (secondary N) is 1. The smallest absolute Gasteiger partial charge is 0.251 e. The van der Waals surface area contributed by atoms with Crippen molar-refractivity contribution in [3.63, 3.8) is 0 Å². The molecule has 0 radical (unpaired) electrons. The first kappa shape index (κ1) is 18.9. The Hall–Kier alpha value is -2.46. The van der Waals surface area contributed by atoms with Crippen molar-refractivity contribution >= 4 is 34.1 Å². The van der Waals surface area contributed by atoms with Gasteiger partial charge < -0.3 is 10.1 Å². The highest BCUT2D eigenvalue weighted by atomic mass is 32.2. The van der Waals surface area contributed by atoms with Crippen LogP contribution in [0.15, 0.2) is 29.9 Å². The molecule has 2 atom stereocenters. The lowest BCUT2D eigenvalue weighted by Crippen LogP contribution is -2.27. The second-order valence-corrected chi connectivity index (χ2v) is 8.41. The first-order valence-electron chi connectivity index (χ1n) is 8.92. The molecule has 2 aromatic heterocycles. The molecule has 1 aliphatic rings. The van der Waals surface area contributed by atoms with E-state index >= 15 is 0 Å². The van der Waals surface area contributed by atoms with Crippen LogP contribution in [0.3, 0.4) is 0 Å². The molecule has 1 aliphatic heterocycles. The Kier molecular flexibility index (Phi) is 5.58. The minimum Gasteiger partial charge on any atom is -0.490 e. The molecule has 1 amide bonds. The summed E-state index contributed by atoms with van der Waals surface area (Å²) in [6.45, 7) is 2.06. The van der Waals surface area contributed by atoms with E-state index in [2.05, 4.69) is 38.8 Å². The number of benzene rings is 1. The van der Waals surface area contributed by atoms with Crippen molar-refractivity contribution < 1.29 is 9.53 Å². The molecule has 0 bridgehead atoms. The van der Waals surface area contributed by atoms with Crippen LogP contribution in [-0.2, 0) is 11.2 Å². The van der Waals surface area contributed by atoms with E-state index in [9.17, 15) is 4.79 Å². The standard InChI is InChI=1S/C18H20N6O2S2/c1-11-7-13-8-12(3-4-16(13)26-11)14-9-28-18(20-14)21-17(25)15(5-6-27-2)24-10-19-22-23-24/h3-4,8-11,15H,5-7H2,1-2H3,(H,20,21,25)/t11-,15-/m0/s1. The van der Waals surface area contributed by atoms with Gasteiger partial charge in [0.2, 0.25) is 0 Å². The largest absolute Gasteiger partial charge is 0.490 e. The van der Waals surface area contributed by atoms with Crippen LogP contribution >= 0.6 is 23.1 Å². The fraction of sp³-hybridized carbons (Fsp3) is 0.389. The number of tetrazole rings is 1. The minimum absolute atomic E-state index is 0.168. The SMILES string of the molecule is CSCC[C@@H](C(=O)Nc1nc(-c2ccc3c(c2)C[C@H](C)O3)cs1)n1cnnn1. The van der Waals surface area contributed by atoms with Crippen molar-refractivity contribution in [1.29, 1.82) is 0 Å². The summed E-state index contributed by atoms with van der Waals surface area (Å²) in [7, 11) is 0. The quantitative estimate of drug-likeness (QED) is 0.632. The third-order valence-electron chi connectivity index (χ3n) is 4.51. The number of anilines is 1. The molecule has 3 aromatic rings. The molecular weight excluding hydrogens is 396 g/mol. The van der Waals surface area contributed by atoms with Crippen molar-refractivity contribution in [2.75, 3.05) is 17.3 Å². The normalized spacial score (nSPS) is 16.4. The number of carbonyl (C=O) groups excluding carboxylic acids is 1. The Morgan fingerprint density at radius 1 is 1.50 bits per heavy atom. The summed E-state index contributed by atoms with van der Waals surface area (Å²) in [5, 5.41) is 16.6. The molecule has 28 heavy (non-hydrogen) atoms. The lowest BCUT2D eigenvalue weighted by Gasteiger charge is -2.14. The monoisotopic (exact) mass is 416 g/mol. The van der Waals surface area contributed by atoms with E-state index in [0.29, 0.717) is 11.6 Å². The van der Waals surface area contributed by atoms with Gasteiger partial charge in [-0.1, -0.05) is 0 Å². The van der Waals surface area contributed by atoms with Gasteiger partial charge in [-0.15, -0.1) is 16.4 Å². The van der Waals surface area contributed by atoms with E-state index < -0.39 is 6.04 Å². The number of rotatable bonds is 7. The summed E-state index contributed by atoms with van der Waals surface area (Å²) >= 11 is 3.08. The average Bonchev–Trinajstić information content (AvgIpc) is 3.41. The first-order chi connectivity index (χ1) is 13.6. The molecular formula is C18H20N6O2S2. The molecule has 146 valence electrons. The number of hydrogen-bond acceptors (Lipinski definition) is 8. The molecule has 0 saturated carbocycles. The molecule has 1 N–H and O–H groups in total. The molecule has 0 aliphatic carbocycles. The van der Waals surface area contributed by atoms with Crippen molar-refractivity contribution in [3.8, 4) is 17.0 Å². The van der Waals surface area contributed by atoms with E-state index in [0.717, 1.165) is 29.2 Å². The fourth-order valence-corrected chi connectivity index (χ4v) is 4.34. The molecule has 0 saturated heterocycles. The number of hydrogen-bond donors (Lipinski definition) is 1. The van der Waals surface area contributed by atoms with Gasteiger partial charge >= 0.3 is 0 Å². The summed E-state index contributed by atoms with van der Waals surface area (Å²) in [6, 6.07) is 5.64. The molecule has 0 fully saturated rings. The average molecular weight is 417 g/mol. The Labute approximate surface area is 170 Å². The predicted molar refractivity (Wildman–Crippen MR) is 110 cm³/mol. The van der Waals surface area contributed by atoms with E-state index in [1.165, 1.54) is 27.9 Å². The van der Waals surface area contributed by atoms with Crippen LogP contribution in [0.1, 0.15) is 24.9 Å². The van der Waals surface area contributed by atoms with Gasteiger partial charge in [0, 0.05) is 17.4 Å². The summed E-state index contributed by atoms with van der Waals surface area (Å²) in [6.07, 6.45) is 5.22. The maximum absolute atomic E-state index is 12.8. The summed E-state index contributed by atoms with van der Waals surface area (Å²) in [4.78, 5) is 17.4. The predicted octanol–water partition coefficient (Wildman–Crippen LogP) is 3.05. The molecule has 4 rings (SSSR count). The zero-order chi connectivity index (χ0) is 19.5. The lowest BCUT2D eigenvalue weighted by atomic mass is 10.1. The van der Waals surface area contributed by atoms with Crippen LogP contribution in [-0.4, -0.2) is 49.2 Å². The van der Waals surface area contributed by atoms with E-state index in [1.807, 2.05) is 23.8 Å². The number of amides is 1. The van der Waals surface area contributed by atoms with Crippen LogP contribution < -0.4 is 10.1 Å². The van der Waals surface area contributed by atoms with Crippen LogP contribution in [0.4, 0.5) is 5.13 Å². The summed E-state index contributed by atoms with van der Waals surface area (Å²) in [5.41, 5.74) is 3.05. The van der Waals surface area contributed by atoms with Crippen molar-refractivity contribution in [2.24, 2.45) is 0 Å². The van der Waals surface area contributed by atoms with Gasteiger partial charge in [0.1, 0.15) is 24.2 Å². The maximum Gasteiger partial charge on any atom is 0.251 e. The van der Waals surface area contributed by atoms with Crippen molar-refractivity contribution in [1.82, 2.24) is 25.2 Å². The molecule has 8 nitrogen and oxygen atoms in total. The Balaban J connectivity index is 1.48. The van der Waals surface area contributed by atoms with Crippen LogP contribution in [0.25, 0.3) is 11.3 Å². The third-order valence-corrected chi connectivity index (χ3v) is 5.91. The number of thioether (sulfide) groups is 1. The molecule has 1 aromatic carbocycles. The zero-order valence-electron chi connectivity index (χ0n) is 15.5. The molecule has 0 unspecified atom stereocenters. The number of thiazole rings is 1. The molecule has 0 spiro atoms. The second-order valence-electron chi connectivity index (χ2n) is 6.57. The molecule has 10 heteroatoms. The van der Waals surface area contributed by atoms with Gasteiger partial charge in [-0.2, -0.15) is 11.8 Å². The fourth-order valence-electron chi connectivity index (χ4n) is 3.16. The van der Waals surface area contributed by atoms with Crippen molar-refractivity contribution in [3.05, 3.63) is 35.5 Å². The van der Waals surface area contributed by atoms with Crippen LogP contribution in [0.5, 0.6) is 5.75 Å². The number of nitrogens with zero attached hydrogens (tertiary/aromatic N) is 5. The van der Waals surface area contributed by atoms with Gasteiger partial charge in [0.25, 0.3) is 5.91 Å². The van der Waals surface area contributed by atoms with Gasteiger partial charge in [-0.25, -0.2) is 9.67 Å². The number of aromatic nitrogens is 5. The van der Waals surface area contributed by atoms with E-state index in [1.54, 1.807) is 11.8 Å². The number of ether oxygens (including phenoxy) is 1. The Bertz CT molecular complexity index is 959. The highest BCUT2D eigenvalue weighted by Gasteiger charge is 2.23. The van der Waals surface area contributed by atoms with E-state index in [4.69, 9.17) is 4.74 Å². The number of fused-ring (bicyclic) bond motifs is 1. The lowest BCUT2D eigenvalue weighted by molar-refractivity contribution is -0.119. The highest BCUT2D eigenvalue weighted by molar-refractivity contribution is 7.98. The topological polar surface area (TPSA) is 94.8 Å². The van der Waals surface area contributed by atoms with Gasteiger partial charge in [-0.3, -0.25) is 4.79 Å². The van der Waals surface area contributed by atoms with Gasteiger partial charge in [0.15, 0.2) is 5.13 Å². The highest BCUT2D eigenvalue weighted by Crippen LogP contribution is 2.34. The zero-order valence-corrected chi connectivity index (χ0v) is 17.2. The minimum atomic E-state index is -0.464. The van der Waals surface area contributed by atoms with Crippen molar-refractivity contribution in [2.45, 2.75) is 31.9 Å². The third kappa shape index (κ3) is 4.02. The van der Waals surface area contributed by atoms with Crippen LogP contribution in [0, 0.1) is 0 Å². The van der Waals surface area contributed by atoms with Gasteiger partial charge in [-0.05, 0) is 59.5 Å². The van der Waals surface area contributed by atoms with Gasteiger partial charge in [0.05, 0.1) is 5.69 Å². The second kappa shape index (κ2) is 8.27.